The number of benzene rings is 1. The molecule has 2 N–H and O–H groups in total. The first-order chi connectivity index (χ1) is 15.0. The Morgan fingerprint density at radius 2 is 1.81 bits per heavy atom. The minimum absolute atomic E-state index is 0.00895. The van der Waals surface area contributed by atoms with E-state index in [1.54, 1.807) is 12.1 Å². The van der Waals surface area contributed by atoms with Gasteiger partial charge in [0.2, 0.25) is 0 Å². The minimum Gasteiger partial charge on any atom is -0.334 e. The zero-order chi connectivity index (χ0) is 23.6. The minimum atomic E-state index is -1.17. The van der Waals surface area contributed by atoms with E-state index >= 15 is 0 Å². The van der Waals surface area contributed by atoms with Crippen LogP contribution in [0.15, 0.2) is 36.5 Å². The molecule has 2 aromatic heterocycles. The van der Waals surface area contributed by atoms with Crippen LogP contribution in [0.3, 0.4) is 0 Å². The van der Waals surface area contributed by atoms with Gasteiger partial charge in [-0.05, 0) is 38.1 Å². The van der Waals surface area contributed by atoms with Crippen molar-refractivity contribution >= 4 is 63.9 Å². The van der Waals surface area contributed by atoms with E-state index in [-0.39, 0.29) is 43.0 Å². The van der Waals surface area contributed by atoms with Gasteiger partial charge in [-0.3, -0.25) is 9.59 Å². The number of rotatable bonds is 5. The Labute approximate surface area is 203 Å². The standard InChI is InChI=1S/C20H14Cl4N6O2/c1-20(2,9-25)28-18(31)11-6-10(21)7-13(23)16(11)27-19(32)14-8-15(24)29-30(14)17-12(22)4-3-5-26-17/h3-8H,1-2H3,(H,27,32)(H,28,31). The fourth-order valence-electron chi connectivity index (χ4n) is 2.65. The monoisotopic (exact) mass is 510 g/mol. The third kappa shape index (κ3) is 5.14. The second-order valence-corrected chi connectivity index (χ2v) is 8.67. The largest absolute Gasteiger partial charge is 0.334 e. The Morgan fingerprint density at radius 1 is 1.09 bits per heavy atom. The van der Waals surface area contributed by atoms with Crippen LogP contribution in [0, 0.1) is 11.3 Å². The summed E-state index contributed by atoms with van der Waals surface area (Å²) in [6.45, 7) is 3.04. The highest BCUT2D eigenvalue weighted by molar-refractivity contribution is 6.38. The van der Waals surface area contributed by atoms with Crippen LogP contribution in [-0.2, 0) is 0 Å². The second-order valence-electron chi connectivity index (χ2n) is 7.03. The number of carbonyl (C=O) groups excluding carboxylic acids is 2. The molecule has 0 atom stereocenters. The third-order valence-corrected chi connectivity index (χ3v) is 5.09. The van der Waals surface area contributed by atoms with E-state index in [1.165, 1.54) is 42.9 Å². The molecule has 3 aromatic rings. The first-order valence-electron chi connectivity index (χ1n) is 8.93. The van der Waals surface area contributed by atoms with Crippen molar-refractivity contribution in [1.29, 1.82) is 5.26 Å². The van der Waals surface area contributed by atoms with E-state index < -0.39 is 17.4 Å². The maximum Gasteiger partial charge on any atom is 0.274 e. The fraction of sp³-hybridized carbons (Fsp3) is 0.150. The maximum absolute atomic E-state index is 13.1. The molecule has 0 fully saturated rings. The molecule has 0 aliphatic rings. The smallest absolute Gasteiger partial charge is 0.274 e. The summed E-state index contributed by atoms with van der Waals surface area (Å²) in [5.74, 6) is -1.17. The molecule has 0 radical (unpaired) electrons. The Balaban J connectivity index is 2.02. The van der Waals surface area contributed by atoms with Gasteiger partial charge in [0.05, 0.1) is 27.4 Å². The van der Waals surface area contributed by atoms with Crippen LogP contribution in [-0.4, -0.2) is 32.1 Å². The van der Waals surface area contributed by atoms with Crippen molar-refractivity contribution in [3.63, 3.8) is 0 Å². The zero-order valence-corrected chi connectivity index (χ0v) is 19.6. The van der Waals surface area contributed by atoms with E-state index in [4.69, 9.17) is 46.4 Å². The molecule has 0 saturated carbocycles. The van der Waals surface area contributed by atoms with Crippen LogP contribution in [0.25, 0.3) is 5.82 Å². The van der Waals surface area contributed by atoms with Crippen LogP contribution < -0.4 is 10.6 Å². The highest BCUT2D eigenvalue weighted by Crippen LogP contribution is 2.31. The van der Waals surface area contributed by atoms with E-state index in [1.807, 2.05) is 6.07 Å². The number of pyridine rings is 1. The molecule has 2 heterocycles. The molecule has 0 unspecified atom stereocenters. The van der Waals surface area contributed by atoms with Crippen molar-refractivity contribution in [1.82, 2.24) is 20.1 Å². The number of nitrogens with zero attached hydrogens (tertiary/aromatic N) is 4. The first-order valence-corrected chi connectivity index (χ1v) is 10.4. The number of anilines is 1. The fourth-order valence-corrected chi connectivity index (χ4v) is 3.57. The van der Waals surface area contributed by atoms with Crippen molar-refractivity contribution in [3.8, 4) is 11.9 Å². The number of carbonyl (C=O) groups is 2. The summed E-state index contributed by atoms with van der Waals surface area (Å²) in [7, 11) is 0. The van der Waals surface area contributed by atoms with Crippen LogP contribution in [0.2, 0.25) is 20.2 Å². The van der Waals surface area contributed by atoms with Gasteiger partial charge in [0.25, 0.3) is 11.8 Å². The van der Waals surface area contributed by atoms with Gasteiger partial charge < -0.3 is 10.6 Å². The number of nitriles is 1. The number of amides is 2. The molecule has 8 nitrogen and oxygen atoms in total. The molecule has 0 bridgehead atoms. The number of hydrogen-bond acceptors (Lipinski definition) is 5. The third-order valence-electron chi connectivity index (χ3n) is 4.10. The maximum atomic E-state index is 13.1. The SMILES string of the molecule is CC(C)(C#N)NC(=O)c1cc(Cl)cc(Cl)c1NC(=O)c1cc(Cl)nn1-c1ncccc1Cl. The lowest BCUT2D eigenvalue weighted by molar-refractivity contribution is 0.0930. The molecule has 3 rings (SSSR count). The summed E-state index contributed by atoms with van der Waals surface area (Å²) < 4.78 is 1.17. The Kier molecular flexibility index (Phi) is 6.96. The van der Waals surface area contributed by atoms with Gasteiger partial charge in [0.15, 0.2) is 11.0 Å². The lowest BCUT2D eigenvalue weighted by Crippen LogP contribution is -2.42. The summed E-state index contributed by atoms with van der Waals surface area (Å²) in [5, 5.41) is 18.8. The van der Waals surface area contributed by atoms with E-state index in [9.17, 15) is 14.9 Å². The van der Waals surface area contributed by atoms with Gasteiger partial charge in [0.1, 0.15) is 11.2 Å². The predicted molar refractivity (Wildman–Crippen MR) is 123 cm³/mol. The molecule has 0 saturated heterocycles. The highest BCUT2D eigenvalue weighted by Gasteiger charge is 2.26. The first kappa shape index (κ1) is 23.8. The van der Waals surface area contributed by atoms with Gasteiger partial charge >= 0.3 is 0 Å². The average molecular weight is 512 g/mol. The molecule has 32 heavy (non-hydrogen) atoms. The Morgan fingerprint density at radius 3 is 2.47 bits per heavy atom. The van der Waals surface area contributed by atoms with E-state index in [0.717, 1.165) is 0 Å². The number of nitrogens with one attached hydrogen (secondary N) is 2. The van der Waals surface area contributed by atoms with Crippen LogP contribution >= 0.6 is 46.4 Å². The molecule has 0 aliphatic carbocycles. The number of aromatic nitrogens is 3. The predicted octanol–water partition coefficient (Wildman–Crippen LogP) is 5.17. The van der Waals surface area contributed by atoms with E-state index in [0.29, 0.717) is 0 Å². The Hall–Kier alpha value is -2.83. The van der Waals surface area contributed by atoms with Crippen molar-refractivity contribution in [2.24, 2.45) is 0 Å². The zero-order valence-electron chi connectivity index (χ0n) is 16.6. The van der Waals surface area contributed by atoms with Gasteiger partial charge in [-0.25, -0.2) is 9.67 Å². The summed E-state index contributed by atoms with van der Waals surface area (Å²) >= 11 is 24.5. The highest BCUT2D eigenvalue weighted by atomic mass is 35.5. The molecule has 0 spiro atoms. The summed E-state index contributed by atoms with van der Waals surface area (Å²) in [6.07, 6.45) is 1.48. The van der Waals surface area contributed by atoms with Crippen LogP contribution in [0.5, 0.6) is 0 Å². The summed E-state index contributed by atoms with van der Waals surface area (Å²) in [4.78, 5) is 30.0. The van der Waals surface area contributed by atoms with Gasteiger partial charge in [-0.15, -0.1) is 0 Å². The number of hydrogen-bond donors (Lipinski definition) is 2. The van der Waals surface area contributed by atoms with Crippen molar-refractivity contribution in [2.45, 2.75) is 19.4 Å². The van der Waals surface area contributed by atoms with E-state index in [2.05, 4.69) is 20.7 Å². The lowest BCUT2D eigenvalue weighted by atomic mass is 10.1. The quantitative estimate of drug-likeness (QED) is 0.490. The molecular formula is C20H14Cl4N6O2. The molecular weight excluding hydrogens is 498 g/mol. The van der Waals surface area contributed by atoms with Crippen molar-refractivity contribution < 1.29 is 9.59 Å². The van der Waals surface area contributed by atoms with Gasteiger partial charge in [0, 0.05) is 17.3 Å². The Bertz CT molecular complexity index is 1270. The lowest BCUT2D eigenvalue weighted by Gasteiger charge is -2.20. The summed E-state index contributed by atoms with van der Waals surface area (Å²) in [5.41, 5.74) is -1.23. The van der Waals surface area contributed by atoms with Crippen molar-refractivity contribution in [2.75, 3.05) is 5.32 Å². The van der Waals surface area contributed by atoms with Crippen LogP contribution in [0.1, 0.15) is 34.7 Å². The second kappa shape index (κ2) is 9.35. The topological polar surface area (TPSA) is 113 Å². The molecule has 1 aromatic carbocycles. The molecule has 164 valence electrons. The molecule has 12 heteroatoms. The number of halogens is 4. The van der Waals surface area contributed by atoms with Gasteiger partial charge in [-0.1, -0.05) is 46.4 Å². The van der Waals surface area contributed by atoms with Crippen LogP contribution in [0.4, 0.5) is 5.69 Å². The average Bonchev–Trinajstić information content (AvgIpc) is 3.11. The molecule has 2 amide bonds. The normalized spacial score (nSPS) is 11.0. The summed E-state index contributed by atoms with van der Waals surface area (Å²) in [6, 6.07) is 9.16. The van der Waals surface area contributed by atoms with Crippen molar-refractivity contribution in [3.05, 3.63) is 68.0 Å². The van der Waals surface area contributed by atoms with Gasteiger partial charge in [-0.2, -0.15) is 10.4 Å². The molecule has 0 aliphatic heterocycles.